The minimum atomic E-state index is 0.559. The van der Waals surface area contributed by atoms with Crippen LogP contribution in [0, 0.1) is 0 Å². The molecule has 0 saturated heterocycles. The zero-order valence-electron chi connectivity index (χ0n) is 13.3. The Labute approximate surface area is 128 Å². The van der Waals surface area contributed by atoms with Crippen molar-refractivity contribution in [3.63, 3.8) is 0 Å². The van der Waals surface area contributed by atoms with Crippen LogP contribution in [0.2, 0.25) is 0 Å². The molecule has 0 aromatic heterocycles. The van der Waals surface area contributed by atoms with Crippen molar-refractivity contribution in [2.75, 3.05) is 7.05 Å². The number of rotatable bonds is 5. The van der Waals surface area contributed by atoms with E-state index in [0.717, 1.165) is 6.42 Å². The van der Waals surface area contributed by atoms with E-state index < -0.39 is 0 Å². The van der Waals surface area contributed by atoms with E-state index >= 15 is 0 Å². The summed E-state index contributed by atoms with van der Waals surface area (Å²) < 4.78 is 0. The molecule has 2 unspecified atom stereocenters. The molecule has 0 fully saturated rings. The van der Waals surface area contributed by atoms with E-state index in [-0.39, 0.29) is 0 Å². The number of benzene rings is 2. The van der Waals surface area contributed by atoms with Gasteiger partial charge in [-0.25, -0.2) is 0 Å². The monoisotopic (exact) mass is 279 g/mol. The van der Waals surface area contributed by atoms with E-state index in [4.69, 9.17) is 0 Å². The molecule has 0 heterocycles. The number of hydrogen-bond acceptors (Lipinski definition) is 1. The van der Waals surface area contributed by atoms with Crippen molar-refractivity contribution in [2.24, 2.45) is 0 Å². The predicted molar refractivity (Wildman–Crippen MR) is 90.9 cm³/mol. The first-order chi connectivity index (χ1) is 10.2. The molecule has 1 N–H and O–H groups in total. The number of likely N-dealkylation sites (N-methyl/N-ethyl adjacent to an activating group) is 1. The molecule has 0 saturated carbocycles. The van der Waals surface area contributed by atoms with Crippen molar-refractivity contribution in [1.29, 1.82) is 0 Å². The van der Waals surface area contributed by atoms with Gasteiger partial charge in [0, 0.05) is 6.04 Å². The maximum Gasteiger partial charge on any atom is 0.0130 e. The first-order valence-corrected chi connectivity index (χ1v) is 8.13. The topological polar surface area (TPSA) is 12.0 Å². The first kappa shape index (κ1) is 14.3. The van der Waals surface area contributed by atoms with E-state index in [1.54, 1.807) is 0 Å². The molecule has 0 radical (unpaired) electrons. The molecule has 0 bridgehead atoms. The van der Waals surface area contributed by atoms with Crippen LogP contribution in [-0.4, -0.2) is 13.1 Å². The zero-order chi connectivity index (χ0) is 14.8. The Hall–Kier alpha value is -1.60. The van der Waals surface area contributed by atoms with Gasteiger partial charge in [-0.2, -0.15) is 0 Å². The van der Waals surface area contributed by atoms with Gasteiger partial charge in [-0.05, 0) is 53.6 Å². The SMILES string of the molecule is CCCC(NC)C(C)c1ccc2c(c1)Cc1ccccc1-2. The molecule has 0 spiro atoms. The van der Waals surface area contributed by atoms with Crippen molar-refractivity contribution < 1.29 is 0 Å². The summed E-state index contributed by atoms with van der Waals surface area (Å²) in [5.41, 5.74) is 7.28. The van der Waals surface area contributed by atoms with Gasteiger partial charge in [0.15, 0.2) is 0 Å². The molecule has 3 rings (SSSR count). The number of nitrogens with one attached hydrogen (secondary N) is 1. The molecule has 0 aliphatic heterocycles. The summed E-state index contributed by atoms with van der Waals surface area (Å²) in [7, 11) is 2.08. The molecule has 1 aliphatic carbocycles. The van der Waals surface area contributed by atoms with Crippen LogP contribution in [0.25, 0.3) is 11.1 Å². The Bertz CT molecular complexity index is 629. The van der Waals surface area contributed by atoms with Gasteiger partial charge in [-0.15, -0.1) is 0 Å². The van der Waals surface area contributed by atoms with Crippen LogP contribution in [0.15, 0.2) is 42.5 Å². The highest BCUT2D eigenvalue weighted by Gasteiger charge is 2.21. The second-order valence-electron chi connectivity index (χ2n) is 6.22. The van der Waals surface area contributed by atoms with Crippen LogP contribution in [0.5, 0.6) is 0 Å². The molecule has 2 aromatic carbocycles. The Morgan fingerprint density at radius 2 is 1.81 bits per heavy atom. The molecule has 2 aromatic rings. The maximum atomic E-state index is 3.49. The van der Waals surface area contributed by atoms with Crippen LogP contribution >= 0.6 is 0 Å². The van der Waals surface area contributed by atoms with E-state index in [0.29, 0.717) is 12.0 Å². The second-order valence-corrected chi connectivity index (χ2v) is 6.22. The summed E-state index contributed by atoms with van der Waals surface area (Å²) in [6, 6.07) is 16.4. The van der Waals surface area contributed by atoms with E-state index in [1.807, 2.05) is 0 Å². The molecule has 2 atom stereocenters. The number of fused-ring (bicyclic) bond motifs is 3. The Morgan fingerprint density at radius 1 is 1.05 bits per heavy atom. The summed E-state index contributed by atoms with van der Waals surface area (Å²) in [5, 5.41) is 3.49. The fourth-order valence-corrected chi connectivity index (χ4v) is 3.64. The van der Waals surface area contributed by atoms with Crippen molar-refractivity contribution >= 4 is 0 Å². The van der Waals surface area contributed by atoms with Crippen molar-refractivity contribution in [1.82, 2.24) is 5.32 Å². The first-order valence-electron chi connectivity index (χ1n) is 8.13. The van der Waals surface area contributed by atoms with E-state index in [1.165, 1.54) is 40.7 Å². The third-order valence-electron chi connectivity index (χ3n) is 4.92. The lowest BCUT2D eigenvalue weighted by molar-refractivity contribution is 0.451. The van der Waals surface area contributed by atoms with Gasteiger partial charge in [0.1, 0.15) is 0 Å². The average molecular weight is 279 g/mol. The molecular weight excluding hydrogens is 254 g/mol. The highest BCUT2D eigenvalue weighted by atomic mass is 14.9. The molecule has 1 nitrogen and oxygen atoms in total. The van der Waals surface area contributed by atoms with Crippen LogP contribution in [0.4, 0.5) is 0 Å². The van der Waals surface area contributed by atoms with Gasteiger partial charge in [0.05, 0.1) is 0 Å². The Balaban J connectivity index is 1.90. The Kier molecular flexibility index (Phi) is 4.12. The van der Waals surface area contributed by atoms with Crippen molar-refractivity contribution in [3.8, 4) is 11.1 Å². The minimum absolute atomic E-state index is 0.559. The van der Waals surface area contributed by atoms with Crippen molar-refractivity contribution in [2.45, 2.75) is 45.1 Å². The third kappa shape index (κ3) is 2.63. The van der Waals surface area contributed by atoms with Gasteiger partial charge in [0.25, 0.3) is 0 Å². The summed E-state index contributed by atoms with van der Waals surface area (Å²) in [4.78, 5) is 0. The highest BCUT2D eigenvalue weighted by molar-refractivity contribution is 5.77. The predicted octanol–water partition coefficient (Wildman–Crippen LogP) is 4.75. The average Bonchev–Trinajstić information content (AvgIpc) is 2.89. The van der Waals surface area contributed by atoms with Crippen LogP contribution in [0.3, 0.4) is 0 Å². The van der Waals surface area contributed by atoms with Gasteiger partial charge >= 0.3 is 0 Å². The highest BCUT2D eigenvalue weighted by Crippen LogP contribution is 2.38. The summed E-state index contributed by atoms with van der Waals surface area (Å²) in [5.74, 6) is 0.559. The molecule has 1 aliphatic rings. The van der Waals surface area contributed by atoms with E-state index in [9.17, 15) is 0 Å². The minimum Gasteiger partial charge on any atom is -0.316 e. The van der Waals surface area contributed by atoms with Gasteiger partial charge < -0.3 is 5.32 Å². The van der Waals surface area contributed by atoms with Crippen LogP contribution in [-0.2, 0) is 6.42 Å². The standard InChI is InChI=1S/C20H25N/c1-4-7-20(21-3)14(2)15-10-11-19-17(12-15)13-16-8-5-6-9-18(16)19/h5-6,8-12,14,20-21H,4,7,13H2,1-3H3. The quantitative estimate of drug-likeness (QED) is 0.710. The lowest BCUT2D eigenvalue weighted by Crippen LogP contribution is -2.30. The molecule has 0 amide bonds. The lowest BCUT2D eigenvalue weighted by atomic mass is 9.88. The van der Waals surface area contributed by atoms with Crippen molar-refractivity contribution in [3.05, 3.63) is 59.2 Å². The van der Waals surface area contributed by atoms with Crippen LogP contribution in [0.1, 0.15) is 49.3 Å². The second kappa shape index (κ2) is 6.03. The Morgan fingerprint density at radius 3 is 2.57 bits per heavy atom. The lowest BCUT2D eigenvalue weighted by Gasteiger charge is -2.24. The van der Waals surface area contributed by atoms with Gasteiger partial charge in [-0.3, -0.25) is 0 Å². The summed E-state index contributed by atoms with van der Waals surface area (Å²) in [6.07, 6.45) is 3.55. The fourth-order valence-electron chi connectivity index (χ4n) is 3.64. The summed E-state index contributed by atoms with van der Waals surface area (Å²) in [6.45, 7) is 4.61. The van der Waals surface area contributed by atoms with Gasteiger partial charge in [-0.1, -0.05) is 62.7 Å². The third-order valence-corrected chi connectivity index (χ3v) is 4.92. The zero-order valence-corrected chi connectivity index (χ0v) is 13.3. The molecule has 21 heavy (non-hydrogen) atoms. The normalized spacial score (nSPS) is 15.4. The smallest absolute Gasteiger partial charge is 0.0130 e. The van der Waals surface area contributed by atoms with Gasteiger partial charge in [0.2, 0.25) is 0 Å². The maximum absolute atomic E-state index is 3.49. The molecular formula is C20H25N. The largest absolute Gasteiger partial charge is 0.316 e. The molecule has 110 valence electrons. The summed E-state index contributed by atoms with van der Waals surface area (Å²) >= 11 is 0. The van der Waals surface area contributed by atoms with Crippen LogP contribution < -0.4 is 5.32 Å². The number of hydrogen-bond donors (Lipinski definition) is 1. The fraction of sp³-hybridized carbons (Fsp3) is 0.400. The molecule has 1 heteroatoms. The van der Waals surface area contributed by atoms with E-state index in [2.05, 4.69) is 68.7 Å².